The summed E-state index contributed by atoms with van der Waals surface area (Å²) in [5, 5.41) is 12.3. The van der Waals surface area contributed by atoms with Crippen molar-refractivity contribution in [3.8, 4) is 11.4 Å². The monoisotopic (exact) mass is 366 g/mol. The van der Waals surface area contributed by atoms with Crippen molar-refractivity contribution in [2.75, 3.05) is 5.75 Å². The Bertz CT molecular complexity index is 892. The van der Waals surface area contributed by atoms with Crippen molar-refractivity contribution >= 4 is 17.7 Å². The van der Waals surface area contributed by atoms with Gasteiger partial charge in [-0.25, -0.2) is 0 Å². The zero-order chi connectivity index (χ0) is 18.5. The molecule has 0 unspecified atom stereocenters. The van der Waals surface area contributed by atoms with E-state index >= 15 is 0 Å². The van der Waals surface area contributed by atoms with E-state index < -0.39 is 0 Å². The van der Waals surface area contributed by atoms with Crippen molar-refractivity contribution in [3.63, 3.8) is 0 Å². The molecule has 1 heterocycles. The lowest BCUT2D eigenvalue weighted by Gasteiger charge is -2.14. The number of aryl methyl sites for hydroxylation is 1. The molecule has 1 N–H and O–H groups in total. The summed E-state index contributed by atoms with van der Waals surface area (Å²) in [6.07, 6.45) is 0. The number of hydrogen-bond acceptors (Lipinski definition) is 4. The smallest absolute Gasteiger partial charge is 0.230 e. The van der Waals surface area contributed by atoms with Crippen LogP contribution >= 0.6 is 11.8 Å². The molecule has 0 aliphatic carbocycles. The van der Waals surface area contributed by atoms with Gasteiger partial charge in [-0.15, -0.1) is 10.2 Å². The van der Waals surface area contributed by atoms with Gasteiger partial charge < -0.3 is 9.88 Å². The molecule has 0 saturated heterocycles. The molecular formula is C20H22N4OS. The highest BCUT2D eigenvalue weighted by Gasteiger charge is 2.15. The number of nitrogens with one attached hydrogen (secondary N) is 1. The molecule has 1 aromatic heterocycles. The number of carbonyl (C=O) groups excluding carboxylic acids is 1. The third-order valence-corrected chi connectivity index (χ3v) is 5.25. The zero-order valence-corrected chi connectivity index (χ0v) is 16.0. The van der Waals surface area contributed by atoms with Crippen molar-refractivity contribution in [1.82, 2.24) is 20.1 Å². The minimum atomic E-state index is -0.0219. The molecule has 0 aliphatic heterocycles. The highest BCUT2D eigenvalue weighted by molar-refractivity contribution is 7.99. The number of carbonyl (C=O) groups is 1. The Morgan fingerprint density at radius 3 is 2.54 bits per heavy atom. The summed E-state index contributed by atoms with van der Waals surface area (Å²) in [6.45, 7) is 4.03. The predicted octanol–water partition coefficient (Wildman–Crippen LogP) is 3.76. The van der Waals surface area contributed by atoms with Gasteiger partial charge in [0.1, 0.15) is 0 Å². The summed E-state index contributed by atoms with van der Waals surface area (Å²) in [4.78, 5) is 12.3. The summed E-state index contributed by atoms with van der Waals surface area (Å²) in [5.41, 5.74) is 3.29. The van der Waals surface area contributed by atoms with Crippen LogP contribution in [0.4, 0.5) is 0 Å². The standard InChI is InChI=1S/C20H22N4OS/c1-14-9-7-8-12-17(14)19-22-23-20(24(19)3)26-13-18(25)21-15(2)16-10-5-4-6-11-16/h4-12,15H,13H2,1-3H3,(H,21,25)/t15-/m0/s1. The second-order valence-electron chi connectivity index (χ2n) is 6.17. The number of amides is 1. The molecule has 134 valence electrons. The molecule has 3 aromatic rings. The van der Waals surface area contributed by atoms with E-state index in [2.05, 4.69) is 28.5 Å². The van der Waals surface area contributed by atoms with E-state index in [1.807, 2.05) is 67.1 Å². The van der Waals surface area contributed by atoms with Crippen LogP contribution in [0.1, 0.15) is 24.1 Å². The predicted molar refractivity (Wildman–Crippen MR) is 105 cm³/mol. The molecule has 3 rings (SSSR count). The molecule has 0 bridgehead atoms. The van der Waals surface area contributed by atoms with E-state index in [9.17, 15) is 4.79 Å². The van der Waals surface area contributed by atoms with Gasteiger partial charge in [0.05, 0.1) is 11.8 Å². The van der Waals surface area contributed by atoms with Gasteiger partial charge in [-0.1, -0.05) is 66.4 Å². The molecule has 0 aliphatic rings. The highest BCUT2D eigenvalue weighted by atomic mass is 32.2. The summed E-state index contributed by atoms with van der Waals surface area (Å²) < 4.78 is 1.93. The van der Waals surface area contributed by atoms with Crippen LogP contribution in [0, 0.1) is 6.92 Å². The Hall–Kier alpha value is -2.60. The van der Waals surface area contributed by atoms with Crippen molar-refractivity contribution in [3.05, 3.63) is 65.7 Å². The first-order valence-corrected chi connectivity index (χ1v) is 9.47. The first-order chi connectivity index (χ1) is 12.6. The Morgan fingerprint density at radius 2 is 1.81 bits per heavy atom. The number of rotatable bonds is 6. The lowest BCUT2D eigenvalue weighted by Crippen LogP contribution is -2.28. The van der Waals surface area contributed by atoms with E-state index in [1.165, 1.54) is 11.8 Å². The maximum atomic E-state index is 12.3. The van der Waals surface area contributed by atoms with Crippen molar-refractivity contribution in [2.24, 2.45) is 7.05 Å². The minimum absolute atomic E-state index is 0.0215. The van der Waals surface area contributed by atoms with E-state index in [0.29, 0.717) is 5.75 Å². The molecule has 0 spiro atoms. The van der Waals surface area contributed by atoms with Crippen molar-refractivity contribution in [2.45, 2.75) is 25.0 Å². The first-order valence-electron chi connectivity index (χ1n) is 8.48. The van der Waals surface area contributed by atoms with Crippen LogP contribution in [0.5, 0.6) is 0 Å². The van der Waals surface area contributed by atoms with Crippen LogP contribution in [-0.4, -0.2) is 26.4 Å². The molecular weight excluding hydrogens is 344 g/mol. The van der Waals surface area contributed by atoms with E-state index in [4.69, 9.17) is 0 Å². The second kappa shape index (κ2) is 8.19. The Balaban J connectivity index is 1.62. The number of nitrogens with zero attached hydrogens (tertiary/aromatic N) is 3. The Morgan fingerprint density at radius 1 is 1.12 bits per heavy atom. The fourth-order valence-electron chi connectivity index (χ4n) is 2.74. The fourth-order valence-corrected chi connectivity index (χ4v) is 3.46. The molecule has 0 saturated carbocycles. The Kier molecular flexibility index (Phi) is 5.73. The lowest BCUT2D eigenvalue weighted by atomic mass is 10.1. The van der Waals surface area contributed by atoms with E-state index in [-0.39, 0.29) is 11.9 Å². The normalized spacial score (nSPS) is 12.0. The topological polar surface area (TPSA) is 59.8 Å². The largest absolute Gasteiger partial charge is 0.349 e. The van der Waals surface area contributed by atoms with Gasteiger partial charge in [0.15, 0.2) is 11.0 Å². The van der Waals surface area contributed by atoms with E-state index in [0.717, 1.165) is 27.7 Å². The van der Waals surface area contributed by atoms with Crippen LogP contribution in [0.15, 0.2) is 59.8 Å². The molecule has 26 heavy (non-hydrogen) atoms. The fraction of sp³-hybridized carbons (Fsp3) is 0.250. The summed E-state index contributed by atoms with van der Waals surface area (Å²) in [5.74, 6) is 1.09. The molecule has 0 fully saturated rings. The van der Waals surface area contributed by atoms with Crippen LogP contribution < -0.4 is 5.32 Å². The summed E-state index contributed by atoms with van der Waals surface area (Å²) in [7, 11) is 1.93. The van der Waals surface area contributed by atoms with E-state index in [1.54, 1.807) is 0 Å². The van der Waals surface area contributed by atoms with Gasteiger partial charge in [0.2, 0.25) is 5.91 Å². The summed E-state index contributed by atoms with van der Waals surface area (Å²) in [6, 6.07) is 18.0. The van der Waals surface area contributed by atoms with Crippen molar-refractivity contribution in [1.29, 1.82) is 0 Å². The third kappa shape index (κ3) is 4.14. The molecule has 2 aromatic carbocycles. The first kappa shape index (κ1) is 18.2. The molecule has 5 nitrogen and oxygen atoms in total. The van der Waals surface area contributed by atoms with Crippen LogP contribution in [0.3, 0.4) is 0 Å². The maximum Gasteiger partial charge on any atom is 0.230 e. The molecule has 1 amide bonds. The number of aromatic nitrogens is 3. The second-order valence-corrected chi connectivity index (χ2v) is 7.11. The van der Waals surface area contributed by atoms with Gasteiger partial charge in [-0.3, -0.25) is 4.79 Å². The van der Waals surface area contributed by atoms with Gasteiger partial charge in [0.25, 0.3) is 0 Å². The minimum Gasteiger partial charge on any atom is -0.349 e. The Labute approximate surface area is 157 Å². The number of hydrogen-bond donors (Lipinski definition) is 1. The zero-order valence-electron chi connectivity index (χ0n) is 15.1. The quantitative estimate of drug-likeness (QED) is 0.675. The van der Waals surface area contributed by atoms with Gasteiger partial charge in [-0.05, 0) is 25.0 Å². The molecule has 1 atom stereocenters. The third-order valence-electron chi connectivity index (χ3n) is 4.23. The van der Waals surface area contributed by atoms with Gasteiger partial charge in [-0.2, -0.15) is 0 Å². The lowest BCUT2D eigenvalue weighted by molar-refractivity contribution is -0.119. The van der Waals surface area contributed by atoms with Gasteiger partial charge >= 0.3 is 0 Å². The van der Waals surface area contributed by atoms with Crippen LogP contribution in [0.25, 0.3) is 11.4 Å². The summed E-state index contributed by atoms with van der Waals surface area (Å²) >= 11 is 1.39. The van der Waals surface area contributed by atoms with Gasteiger partial charge in [0, 0.05) is 12.6 Å². The molecule has 6 heteroatoms. The maximum absolute atomic E-state index is 12.3. The SMILES string of the molecule is Cc1ccccc1-c1nnc(SCC(=O)N[C@@H](C)c2ccccc2)n1C. The van der Waals surface area contributed by atoms with Crippen LogP contribution in [0.2, 0.25) is 0 Å². The van der Waals surface area contributed by atoms with Crippen LogP contribution in [-0.2, 0) is 11.8 Å². The average Bonchev–Trinajstić information content (AvgIpc) is 3.01. The highest BCUT2D eigenvalue weighted by Crippen LogP contribution is 2.25. The molecule has 0 radical (unpaired) electrons. The number of thioether (sulfide) groups is 1. The van der Waals surface area contributed by atoms with Crippen molar-refractivity contribution < 1.29 is 4.79 Å². The average molecular weight is 366 g/mol. The number of benzene rings is 2.